The quantitative estimate of drug-likeness (QED) is 0.680. The van der Waals surface area contributed by atoms with Gasteiger partial charge in [-0.2, -0.15) is 8.42 Å². The van der Waals surface area contributed by atoms with Crippen LogP contribution < -0.4 is 9.44 Å². The van der Waals surface area contributed by atoms with Gasteiger partial charge in [0.15, 0.2) is 5.78 Å². The number of nitrogens with one attached hydrogen (secondary N) is 2. The lowest BCUT2D eigenvalue weighted by Crippen LogP contribution is -2.12. The average Bonchev–Trinajstić information content (AvgIpc) is 2.62. The van der Waals surface area contributed by atoms with Gasteiger partial charge in [-0.15, -0.1) is 0 Å². The van der Waals surface area contributed by atoms with E-state index in [9.17, 15) is 13.2 Å². The predicted octanol–water partition coefficient (Wildman–Crippen LogP) is 0.712. The van der Waals surface area contributed by atoms with E-state index >= 15 is 0 Å². The molecule has 1 heterocycles. The maximum Gasteiger partial charge on any atom is 0.321 e. The van der Waals surface area contributed by atoms with E-state index < -0.39 is 10.2 Å². The molecule has 0 amide bonds. The topological polar surface area (TPSA) is 75.3 Å². The third-order valence-corrected chi connectivity index (χ3v) is 3.48. The SMILES string of the molecule is O=C1[CH]Cc2cc3c(cc21)NS(=O)(=O)N3. The van der Waals surface area contributed by atoms with Crippen molar-refractivity contribution < 1.29 is 13.2 Å². The number of Topliss-reactive ketones (excluding diaryl/α,β-unsaturated/α-hetero) is 1. The Balaban J connectivity index is 2.20. The fourth-order valence-corrected chi connectivity index (χ4v) is 2.81. The molecule has 1 aliphatic carbocycles. The molecule has 0 saturated heterocycles. The Hall–Kier alpha value is -1.56. The van der Waals surface area contributed by atoms with E-state index in [1.165, 1.54) is 0 Å². The van der Waals surface area contributed by atoms with Crippen LogP contribution in [0.4, 0.5) is 11.4 Å². The first-order valence-electron chi connectivity index (χ1n) is 4.40. The van der Waals surface area contributed by atoms with Crippen LogP contribution in [0.25, 0.3) is 0 Å². The average molecular weight is 223 g/mol. The van der Waals surface area contributed by atoms with Gasteiger partial charge in [0.2, 0.25) is 0 Å². The highest BCUT2D eigenvalue weighted by Crippen LogP contribution is 2.35. The van der Waals surface area contributed by atoms with Gasteiger partial charge in [-0.05, 0) is 24.1 Å². The van der Waals surface area contributed by atoms with E-state index in [1.54, 1.807) is 18.6 Å². The molecule has 1 aliphatic heterocycles. The van der Waals surface area contributed by atoms with Gasteiger partial charge >= 0.3 is 10.2 Å². The molecule has 0 unspecified atom stereocenters. The molecule has 6 heteroatoms. The van der Waals surface area contributed by atoms with Crippen molar-refractivity contribution in [3.8, 4) is 0 Å². The zero-order chi connectivity index (χ0) is 10.6. The summed E-state index contributed by atoms with van der Waals surface area (Å²) in [6.45, 7) is 0. The summed E-state index contributed by atoms with van der Waals surface area (Å²) in [6.07, 6.45) is 2.16. The molecule has 77 valence electrons. The smallest absolute Gasteiger partial charge is 0.294 e. The van der Waals surface area contributed by atoms with E-state index in [2.05, 4.69) is 9.44 Å². The second kappa shape index (κ2) is 2.52. The number of fused-ring (bicyclic) bond motifs is 2. The summed E-state index contributed by atoms with van der Waals surface area (Å²) in [5, 5.41) is 0. The molecule has 1 aromatic rings. The lowest BCUT2D eigenvalue weighted by atomic mass is 10.1. The minimum Gasteiger partial charge on any atom is -0.294 e. The van der Waals surface area contributed by atoms with Crippen LogP contribution in [0.15, 0.2) is 12.1 Å². The number of carbonyl (C=O) groups excluding carboxylic acids is 1. The maximum absolute atomic E-state index is 11.4. The van der Waals surface area contributed by atoms with Crippen LogP contribution in [-0.2, 0) is 16.6 Å². The number of carbonyl (C=O) groups is 1. The van der Waals surface area contributed by atoms with Gasteiger partial charge in [-0.3, -0.25) is 14.2 Å². The Morgan fingerprint density at radius 2 is 1.80 bits per heavy atom. The first-order valence-corrected chi connectivity index (χ1v) is 5.88. The number of hydrogen-bond acceptors (Lipinski definition) is 3. The molecular weight excluding hydrogens is 216 g/mol. The summed E-state index contributed by atoms with van der Waals surface area (Å²) in [5.74, 6) is -0.0427. The molecule has 1 aromatic carbocycles. The van der Waals surface area contributed by atoms with Crippen molar-refractivity contribution in [2.45, 2.75) is 6.42 Å². The third-order valence-electron chi connectivity index (χ3n) is 2.50. The minimum absolute atomic E-state index is 0.0427. The van der Waals surface area contributed by atoms with Crippen molar-refractivity contribution in [3.05, 3.63) is 29.7 Å². The van der Waals surface area contributed by atoms with E-state index in [1.807, 2.05) is 0 Å². The highest BCUT2D eigenvalue weighted by molar-refractivity contribution is 7.94. The van der Waals surface area contributed by atoms with Crippen LogP contribution in [0, 0.1) is 6.42 Å². The zero-order valence-corrected chi connectivity index (χ0v) is 8.39. The molecule has 0 saturated carbocycles. The number of anilines is 2. The summed E-state index contributed by atoms with van der Waals surface area (Å²) < 4.78 is 27.0. The van der Waals surface area contributed by atoms with Crippen molar-refractivity contribution in [2.24, 2.45) is 0 Å². The van der Waals surface area contributed by atoms with Crippen LogP contribution >= 0.6 is 0 Å². The molecule has 0 aromatic heterocycles. The first kappa shape index (κ1) is 8.72. The third kappa shape index (κ3) is 1.21. The van der Waals surface area contributed by atoms with Crippen LogP contribution in [0.3, 0.4) is 0 Å². The number of ketones is 1. The van der Waals surface area contributed by atoms with Crippen LogP contribution in [0.5, 0.6) is 0 Å². The van der Waals surface area contributed by atoms with Crippen molar-refractivity contribution in [1.82, 2.24) is 0 Å². The minimum atomic E-state index is -3.46. The Labute approximate surface area is 86.7 Å². The van der Waals surface area contributed by atoms with Gasteiger partial charge in [0, 0.05) is 12.0 Å². The van der Waals surface area contributed by atoms with Crippen molar-refractivity contribution in [3.63, 3.8) is 0 Å². The second-order valence-corrected chi connectivity index (χ2v) is 4.95. The lowest BCUT2D eigenvalue weighted by Gasteiger charge is -2.00. The molecule has 2 N–H and O–H groups in total. The van der Waals surface area contributed by atoms with E-state index in [4.69, 9.17) is 0 Å². The Morgan fingerprint density at radius 3 is 2.53 bits per heavy atom. The fourth-order valence-electron chi connectivity index (χ4n) is 1.84. The molecule has 2 aliphatic rings. The largest absolute Gasteiger partial charge is 0.321 e. The Bertz CT molecular complexity index is 577. The second-order valence-electron chi connectivity index (χ2n) is 3.53. The van der Waals surface area contributed by atoms with Crippen molar-refractivity contribution in [2.75, 3.05) is 9.44 Å². The molecule has 0 bridgehead atoms. The summed E-state index contributed by atoms with van der Waals surface area (Å²) in [4.78, 5) is 11.4. The monoisotopic (exact) mass is 223 g/mol. The number of benzene rings is 1. The first-order chi connectivity index (χ1) is 7.05. The van der Waals surface area contributed by atoms with Crippen molar-refractivity contribution >= 4 is 27.4 Å². The Kier molecular flexibility index (Phi) is 1.46. The molecule has 0 atom stereocenters. The fraction of sp³-hybridized carbons (Fsp3) is 0.111. The highest BCUT2D eigenvalue weighted by Gasteiger charge is 2.28. The molecular formula is C9H7N2O3S. The standard InChI is InChI=1S/C9H7N2O3S/c12-9-2-1-5-3-7-8(4-6(5)9)11-15(13,14)10-7/h2-4,10-11H,1H2. The van der Waals surface area contributed by atoms with Gasteiger partial charge in [0.1, 0.15) is 0 Å². The summed E-state index contributed by atoms with van der Waals surface area (Å²) in [6, 6.07) is 3.28. The predicted molar refractivity (Wildman–Crippen MR) is 54.9 cm³/mol. The summed E-state index contributed by atoms with van der Waals surface area (Å²) in [5.41, 5.74) is 2.40. The Morgan fingerprint density at radius 1 is 1.13 bits per heavy atom. The van der Waals surface area contributed by atoms with Crippen LogP contribution in [-0.4, -0.2) is 14.2 Å². The lowest BCUT2D eigenvalue weighted by molar-refractivity contribution is 0.103. The number of hydrogen-bond donors (Lipinski definition) is 2. The molecule has 0 fully saturated rings. The molecule has 1 radical (unpaired) electrons. The van der Waals surface area contributed by atoms with E-state index in [0.717, 1.165) is 5.56 Å². The van der Waals surface area contributed by atoms with Gasteiger partial charge in [0.05, 0.1) is 11.4 Å². The van der Waals surface area contributed by atoms with Gasteiger partial charge < -0.3 is 0 Å². The van der Waals surface area contributed by atoms with E-state index in [0.29, 0.717) is 23.4 Å². The zero-order valence-electron chi connectivity index (χ0n) is 7.57. The van der Waals surface area contributed by atoms with Crippen molar-refractivity contribution in [1.29, 1.82) is 0 Å². The highest BCUT2D eigenvalue weighted by atomic mass is 32.2. The molecule has 0 spiro atoms. The summed E-state index contributed by atoms with van der Waals surface area (Å²) >= 11 is 0. The van der Waals surface area contributed by atoms with Gasteiger partial charge in [-0.1, -0.05) is 0 Å². The van der Waals surface area contributed by atoms with Gasteiger partial charge in [-0.25, -0.2) is 0 Å². The summed E-state index contributed by atoms with van der Waals surface area (Å²) in [7, 11) is -3.46. The molecule has 5 nitrogen and oxygen atoms in total. The molecule has 3 rings (SSSR count). The molecule has 15 heavy (non-hydrogen) atoms. The maximum atomic E-state index is 11.4. The normalized spacial score (nSPS) is 20.4. The van der Waals surface area contributed by atoms with Crippen LogP contribution in [0.2, 0.25) is 0 Å². The van der Waals surface area contributed by atoms with Crippen LogP contribution in [0.1, 0.15) is 15.9 Å². The van der Waals surface area contributed by atoms with Gasteiger partial charge in [0.25, 0.3) is 0 Å². The number of rotatable bonds is 0. The van der Waals surface area contributed by atoms with E-state index in [-0.39, 0.29) is 5.78 Å².